The van der Waals surface area contributed by atoms with Gasteiger partial charge in [0.05, 0.1) is 0 Å². The first-order valence-electron chi connectivity index (χ1n) is 5.72. The summed E-state index contributed by atoms with van der Waals surface area (Å²) in [4.78, 5) is 0. The van der Waals surface area contributed by atoms with Crippen molar-refractivity contribution in [2.75, 3.05) is 0 Å². The van der Waals surface area contributed by atoms with Crippen LogP contribution in [0.1, 0.15) is 11.1 Å². The fraction of sp³-hybridized carbons (Fsp3) is 0.133. The van der Waals surface area contributed by atoms with Gasteiger partial charge in [0, 0.05) is 0 Å². The van der Waals surface area contributed by atoms with Crippen LogP contribution in [0.4, 0.5) is 0 Å². The molecule has 0 unspecified atom stereocenters. The van der Waals surface area contributed by atoms with E-state index in [0.717, 1.165) is 14.2 Å². The van der Waals surface area contributed by atoms with E-state index in [4.69, 9.17) is 12.2 Å². The first-order chi connectivity index (χ1) is 8.84. The van der Waals surface area contributed by atoms with Gasteiger partial charge in [-0.15, -0.1) is 0 Å². The predicted molar refractivity (Wildman–Crippen MR) is 86.2 cm³/mol. The van der Waals surface area contributed by atoms with Gasteiger partial charge < -0.3 is 0 Å². The average molecular weight is 337 g/mol. The van der Waals surface area contributed by atoms with E-state index in [0.29, 0.717) is 15.0 Å². The Labute approximate surface area is 124 Å². The zero-order valence-electron chi connectivity index (χ0n) is 9.91. The number of benzene rings is 2. The Morgan fingerprint density at radius 2 is 1.44 bits per heavy atom. The summed E-state index contributed by atoms with van der Waals surface area (Å²) in [6.45, 7) is 0. The zero-order valence-corrected chi connectivity index (χ0v) is 13.3. The van der Waals surface area contributed by atoms with Crippen LogP contribution in [-0.4, -0.2) is 18.1 Å². The molecule has 0 heterocycles. The fourth-order valence-corrected chi connectivity index (χ4v) is 4.72. The van der Waals surface area contributed by atoms with Crippen LogP contribution in [-0.2, 0) is 11.1 Å². The molecule has 0 amide bonds. The Bertz CT molecular complexity index is 437. The van der Waals surface area contributed by atoms with E-state index in [1.165, 1.54) is 11.1 Å². The van der Waals surface area contributed by atoms with Gasteiger partial charge in [-0.25, -0.2) is 0 Å². The van der Waals surface area contributed by atoms with Crippen LogP contribution in [0.3, 0.4) is 0 Å². The van der Waals surface area contributed by atoms with Crippen molar-refractivity contribution in [2.24, 2.45) is 0 Å². The quantitative estimate of drug-likeness (QED) is 0.595. The summed E-state index contributed by atoms with van der Waals surface area (Å²) >= 11 is 7.66. The molecule has 0 nitrogen and oxygen atoms in total. The molecule has 0 fully saturated rings. The molecule has 18 heavy (non-hydrogen) atoms. The van der Waals surface area contributed by atoms with E-state index in [1.807, 2.05) is 17.8 Å². The molecule has 0 aliphatic rings. The van der Waals surface area contributed by atoms with Crippen molar-refractivity contribution in [3.63, 3.8) is 0 Å². The van der Waals surface area contributed by atoms with Gasteiger partial charge in [0.2, 0.25) is 0 Å². The Morgan fingerprint density at radius 1 is 0.889 bits per heavy atom. The molecule has 92 valence electrons. The summed E-state index contributed by atoms with van der Waals surface area (Å²) in [7, 11) is 0. The van der Waals surface area contributed by atoms with Crippen LogP contribution in [0.15, 0.2) is 60.7 Å². The number of thiocarbonyl (C=S) groups is 1. The van der Waals surface area contributed by atoms with Gasteiger partial charge in [-0.1, -0.05) is 0 Å². The topological polar surface area (TPSA) is 0 Å². The first-order valence-corrected chi connectivity index (χ1v) is 9.18. The Balaban J connectivity index is 1.73. The van der Waals surface area contributed by atoms with Gasteiger partial charge in [-0.05, 0) is 0 Å². The fourth-order valence-electron chi connectivity index (χ4n) is 1.47. The second-order valence-electron chi connectivity index (χ2n) is 3.80. The van der Waals surface area contributed by atoms with Crippen LogP contribution in [0.25, 0.3) is 0 Å². The number of hydrogen-bond acceptors (Lipinski definition) is 2. The average Bonchev–Trinajstić information content (AvgIpc) is 2.45. The molecule has 0 saturated heterocycles. The summed E-state index contributed by atoms with van der Waals surface area (Å²) in [6.07, 6.45) is 0. The number of hydrogen-bond donors (Lipinski definition) is 0. The molecule has 2 aromatic rings. The van der Waals surface area contributed by atoms with Crippen molar-refractivity contribution < 1.29 is 0 Å². The second kappa shape index (κ2) is 7.75. The van der Waals surface area contributed by atoms with Gasteiger partial charge in [0.15, 0.2) is 0 Å². The molecule has 0 N–H and O–H groups in total. The third-order valence-electron chi connectivity index (χ3n) is 2.40. The van der Waals surface area contributed by atoms with Gasteiger partial charge in [0.1, 0.15) is 0 Å². The normalized spacial score (nSPS) is 10.2. The SMILES string of the molecule is S=C(SCc1ccccc1)[Se]Cc1ccccc1. The third kappa shape index (κ3) is 4.95. The van der Waals surface area contributed by atoms with Crippen LogP contribution in [0, 0.1) is 0 Å². The van der Waals surface area contributed by atoms with Gasteiger partial charge in [0.25, 0.3) is 0 Å². The predicted octanol–water partition coefficient (Wildman–Crippen LogP) is 4.11. The minimum atomic E-state index is 0.413. The van der Waals surface area contributed by atoms with E-state index in [9.17, 15) is 0 Å². The van der Waals surface area contributed by atoms with Crippen molar-refractivity contribution in [1.29, 1.82) is 0 Å². The summed E-state index contributed by atoms with van der Waals surface area (Å²) in [5.74, 6) is 0.996. The van der Waals surface area contributed by atoms with E-state index < -0.39 is 0 Å². The first kappa shape index (κ1) is 13.8. The van der Waals surface area contributed by atoms with Gasteiger partial charge in [-0.2, -0.15) is 0 Å². The Hall–Kier alpha value is -0.601. The molecular weight excluding hydrogens is 323 g/mol. The molecule has 2 rings (SSSR count). The maximum atomic E-state index is 5.44. The van der Waals surface area contributed by atoms with E-state index >= 15 is 0 Å². The Kier molecular flexibility index (Phi) is 5.95. The van der Waals surface area contributed by atoms with Crippen molar-refractivity contribution in [3.05, 3.63) is 71.8 Å². The molecule has 0 atom stereocenters. The van der Waals surface area contributed by atoms with Gasteiger partial charge in [-0.3, -0.25) is 0 Å². The number of rotatable bonds is 5. The zero-order chi connectivity index (χ0) is 12.6. The molecule has 0 bridgehead atoms. The maximum absolute atomic E-state index is 5.44. The van der Waals surface area contributed by atoms with Gasteiger partial charge >= 0.3 is 125 Å². The van der Waals surface area contributed by atoms with Crippen LogP contribution in [0.2, 0.25) is 0 Å². The van der Waals surface area contributed by atoms with Crippen molar-refractivity contribution in [3.8, 4) is 0 Å². The third-order valence-corrected chi connectivity index (χ3v) is 6.93. The van der Waals surface area contributed by atoms with Crippen molar-refractivity contribution >= 4 is 42.0 Å². The minimum absolute atomic E-state index is 0.413. The monoisotopic (exact) mass is 338 g/mol. The molecular formula is C15H14S2Se. The summed E-state index contributed by atoms with van der Waals surface area (Å²) < 4.78 is 1.16. The summed E-state index contributed by atoms with van der Waals surface area (Å²) in [5.41, 5.74) is 2.74. The molecule has 0 aliphatic carbocycles. The molecule has 2 aromatic carbocycles. The molecule has 3 heteroatoms. The van der Waals surface area contributed by atoms with Crippen LogP contribution in [0.5, 0.6) is 0 Å². The molecule has 0 saturated carbocycles. The molecule has 0 spiro atoms. The van der Waals surface area contributed by atoms with E-state index in [-0.39, 0.29) is 0 Å². The van der Waals surface area contributed by atoms with E-state index in [1.54, 1.807) is 0 Å². The summed E-state index contributed by atoms with van der Waals surface area (Å²) in [5, 5.41) is 1.11. The molecule has 0 radical (unpaired) electrons. The summed E-state index contributed by atoms with van der Waals surface area (Å²) in [6, 6.07) is 21.1. The van der Waals surface area contributed by atoms with E-state index in [2.05, 4.69) is 54.6 Å². The second-order valence-corrected chi connectivity index (χ2v) is 8.69. The molecule has 0 aromatic heterocycles. The number of thioether (sulfide) groups is 1. The standard InChI is InChI=1S/C15H14S2Se/c16-15(17-11-13-7-3-1-4-8-13)18-12-14-9-5-2-6-10-14/h1-10H,11-12H2. The Morgan fingerprint density at radius 3 is 2.06 bits per heavy atom. The van der Waals surface area contributed by atoms with Crippen LogP contribution < -0.4 is 0 Å². The van der Waals surface area contributed by atoms with Crippen molar-refractivity contribution in [1.82, 2.24) is 0 Å². The van der Waals surface area contributed by atoms with Crippen LogP contribution >= 0.6 is 24.0 Å². The van der Waals surface area contributed by atoms with Crippen molar-refractivity contribution in [2.45, 2.75) is 11.1 Å². The molecule has 0 aliphatic heterocycles.